The minimum absolute atomic E-state index is 0.713. The largest absolute Gasteiger partial charge is 0.251 e. The average Bonchev–Trinajstić information content (AvgIpc) is 3.06. The standard InChI is InChI=1S/C21H18N4/c1-3-9-15(10-4-1)19-20(16-11-5-2-6-12-16)24-25-18-14-8-7-13-17(18)22-21(25)23-19/h1-6,9-12H,7-8,13-14H2. The molecular weight excluding hydrogens is 308 g/mol. The SMILES string of the molecule is c1ccc(-c2nc3nc4c(n3nc2-c2ccccc2)CCCC4)cc1. The van der Waals surface area contributed by atoms with E-state index < -0.39 is 0 Å². The van der Waals surface area contributed by atoms with E-state index in [4.69, 9.17) is 15.1 Å². The molecule has 0 amide bonds. The highest BCUT2D eigenvalue weighted by molar-refractivity contribution is 5.78. The molecule has 0 saturated heterocycles. The van der Waals surface area contributed by atoms with Gasteiger partial charge in [0.05, 0.1) is 11.4 Å². The van der Waals surface area contributed by atoms with Gasteiger partial charge in [-0.1, -0.05) is 60.7 Å². The second-order valence-electron chi connectivity index (χ2n) is 6.47. The van der Waals surface area contributed by atoms with Crippen molar-refractivity contribution in [3.05, 3.63) is 72.1 Å². The molecule has 25 heavy (non-hydrogen) atoms. The zero-order chi connectivity index (χ0) is 16.6. The molecule has 2 aromatic carbocycles. The predicted octanol–water partition coefficient (Wildman–Crippen LogP) is 4.34. The van der Waals surface area contributed by atoms with Crippen molar-refractivity contribution in [2.45, 2.75) is 25.7 Å². The van der Waals surface area contributed by atoms with Crippen molar-refractivity contribution >= 4 is 5.78 Å². The van der Waals surface area contributed by atoms with Gasteiger partial charge in [-0.2, -0.15) is 5.10 Å². The Morgan fingerprint density at radius 3 is 2.04 bits per heavy atom. The summed E-state index contributed by atoms with van der Waals surface area (Å²) in [5, 5.41) is 4.99. The van der Waals surface area contributed by atoms with E-state index in [2.05, 4.69) is 24.3 Å². The Morgan fingerprint density at radius 2 is 1.32 bits per heavy atom. The van der Waals surface area contributed by atoms with E-state index in [1.54, 1.807) is 0 Å². The molecule has 5 rings (SSSR count). The molecule has 2 heterocycles. The van der Waals surface area contributed by atoms with E-state index >= 15 is 0 Å². The lowest BCUT2D eigenvalue weighted by Crippen LogP contribution is -2.07. The van der Waals surface area contributed by atoms with Gasteiger partial charge in [0, 0.05) is 11.1 Å². The van der Waals surface area contributed by atoms with E-state index in [1.807, 2.05) is 40.9 Å². The van der Waals surface area contributed by atoms with Crippen LogP contribution in [0.2, 0.25) is 0 Å². The second-order valence-corrected chi connectivity index (χ2v) is 6.47. The Kier molecular flexibility index (Phi) is 3.33. The minimum Gasteiger partial charge on any atom is -0.214 e. The summed E-state index contributed by atoms with van der Waals surface area (Å²) < 4.78 is 1.96. The molecule has 1 aliphatic rings. The normalized spacial score (nSPS) is 13.8. The highest BCUT2D eigenvalue weighted by Gasteiger charge is 2.21. The monoisotopic (exact) mass is 326 g/mol. The minimum atomic E-state index is 0.713. The van der Waals surface area contributed by atoms with Crippen LogP contribution in [0.5, 0.6) is 0 Å². The number of nitrogens with zero attached hydrogens (tertiary/aromatic N) is 4. The van der Waals surface area contributed by atoms with Crippen molar-refractivity contribution < 1.29 is 0 Å². The highest BCUT2D eigenvalue weighted by atomic mass is 15.3. The lowest BCUT2D eigenvalue weighted by molar-refractivity contribution is 0.648. The van der Waals surface area contributed by atoms with Crippen LogP contribution < -0.4 is 0 Å². The van der Waals surface area contributed by atoms with E-state index in [0.717, 1.165) is 41.1 Å². The summed E-state index contributed by atoms with van der Waals surface area (Å²) in [5.41, 5.74) is 6.33. The maximum atomic E-state index is 4.99. The first kappa shape index (κ1) is 14.3. The van der Waals surface area contributed by atoms with Gasteiger partial charge >= 0.3 is 0 Å². The maximum Gasteiger partial charge on any atom is 0.251 e. The van der Waals surface area contributed by atoms with Gasteiger partial charge in [0.2, 0.25) is 0 Å². The molecule has 0 fully saturated rings. The Balaban J connectivity index is 1.82. The molecule has 0 unspecified atom stereocenters. The third-order valence-electron chi connectivity index (χ3n) is 4.82. The van der Waals surface area contributed by atoms with Crippen molar-refractivity contribution in [3.8, 4) is 22.5 Å². The quantitative estimate of drug-likeness (QED) is 0.550. The first-order chi connectivity index (χ1) is 12.4. The summed E-state index contributed by atoms with van der Waals surface area (Å²) in [6.07, 6.45) is 4.46. The van der Waals surface area contributed by atoms with Gasteiger partial charge in [0.1, 0.15) is 11.4 Å². The van der Waals surface area contributed by atoms with Crippen LogP contribution in [0.25, 0.3) is 28.3 Å². The molecule has 0 saturated carbocycles. The van der Waals surface area contributed by atoms with Gasteiger partial charge in [-0.3, -0.25) is 0 Å². The zero-order valence-electron chi connectivity index (χ0n) is 13.9. The van der Waals surface area contributed by atoms with Crippen molar-refractivity contribution in [3.63, 3.8) is 0 Å². The number of aryl methyl sites for hydroxylation is 2. The summed E-state index contributed by atoms with van der Waals surface area (Å²) >= 11 is 0. The Bertz CT molecular complexity index is 1040. The molecule has 0 aliphatic heterocycles. The topological polar surface area (TPSA) is 43.1 Å². The number of hydrogen-bond acceptors (Lipinski definition) is 3. The summed E-state index contributed by atoms with van der Waals surface area (Å²) in [6.45, 7) is 0. The van der Waals surface area contributed by atoms with E-state index in [1.165, 1.54) is 18.5 Å². The third kappa shape index (κ3) is 2.41. The first-order valence-electron chi connectivity index (χ1n) is 8.79. The zero-order valence-corrected chi connectivity index (χ0v) is 13.9. The molecular formula is C21H18N4. The van der Waals surface area contributed by atoms with Gasteiger partial charge in [0.25, 0.3) is 5.78 Å². The van der Waals surface area contributed by atoms with Crippen LogP contribution in [0.15, 0.2) is 60.7 Å². The summed E-state index contributed by atoms with van der Waals surface area (Å²) in [4.78, 5) is 9.68. The lowest BCUT2D eigenvalue weighted by Gasteiger charge is -2.12. The van der Waals surface area contributed by atoms with Gasteiger partial charge in [-0.25, -0.2) is 14.5 Å². The molecule has 0 bridgehead atoms. The van der Waals surface area contributed by atoms with Crippen LogP contribution in [0.3, 0.4) is 0 Å². The molecule has 1 aliphatic carbocycles. The highest BCUT2D eigenvalue weighted by Crippen LogP contribution is 2.30. The number of imidazole rings is 1. The molecule has 0 spiro atoms. The fourth-order valence-corrected chi connectivity index (χ4v) is 3.58. The number of benzene rings is 2. The molecule has 4 nitrogen and oxygen atoms in total. The molecule has 0 N–H and O–H groups in total. The molecule has 122 valence electrons. The van der Waals surface area contributed by atoms with Crippen LogP contribution in [0.4, 0.5) is 0 Å². The Morgan fingerprint density at radius 1 is 0.680 bits per heavy atom. The predicted molar refractivity (Wildman–Crippen MR) is 98.3 cm³/mol. The van der Waals surface area contributed by atoms with Gasteiger partial charge < -0.3 is 0 Å². The Hall–Kier alpha value is -3.01. The molecule has 2 aromatic heterocycles. The van der Waals surface area contributed by atoms with Crippen molar-refractivity contribution in [1.82, 2.24) is 19.6 Å². The van der Waals surface area contributed by atoms with Gasteiger partial charge in [-0.15, -0.1) is 0 Å². The molecule has 0 radical (unpaired) electrons. The fourth-order valence-electron chi connectivity index (χ4n) is 3.58. The van der Waals surface area contributed by atoms with Crippen molar-refractivity contribution in [2.75, 3.05) is 0 Å². The molecule has 4 heteroatoms. The fraction of sp³-hybridized carbons (Fsp3) is 0.190. The maximum absolute atomic E-state index is 4.99. The lowest BCUT2D eigenvalue weighted by atomic mass is 10.0. The number of fused-ring (bicyclic) bond motifs is 3. The van der Waals surface area contributed by atoms with Gasteiger partial charge in [-0.05, 0) is 25.7 Å². The summed E-state index contributed by atoms with van der Waals surface area (Å²) in [6, 6.07) is 20.5. The van der Waals surface area contributed by atoms with Crippen LogP contribution in [-0.2, 0) is 12.8 Å². The van der Waals surface area contributed by atoms with E-state index in [9.17, 15) is 0 Å². The number of hydrogen-bond donors (Lipinski definition) is 0. The second kappa shape index (κ2) is 5.81. The molecule has 0 atom stereocenters. The smallest absolute Gasteiger partial charge is 0.214 e. The number of rotatable bonds is 2. The van der Waals surface area contributed by atoms with Crippen LogP contribution in [-0.4, -0.2) is 19.6 Å². The third-order valence-corrected chi connectivity index (χ3v) is 4.82. The van der Waals surface area contributed by atoms with Gasteiger partial charge in [0.15, 0.2) is 0 Å². The summed E-state index contributed by atoms with van der Waals surface area (Å²) in [7, 11) is 0. The van der Waals surface area contributed by atoms with Crippen LogP contribution >= 0.6 is 0 Å². The van der Waals surface area contributed by atoms with E-state index in [-0.39, 0.29) is 0 Å². The van der Waals surface area contributed by atoms with Crippen molar-refractivity contribution in [1.29, 1.82) is 0 Å². The Labute approximate surface area is 146 Å². The van der Waals surface area contributed by atoms with Crippen molar-refractivity contribution in [2.24, 2.45) is 0 Å². The first-order valence-corrected chi connectivity index (χ1v) is 8.79. The number of aromatic nitrogens is 4. The summed E-state index contributed by atoms with van der Waals surface area (Å²) in [5.74, 6) is 0.713. The van der Waals surface area contributed by atoms with E-state index in [0.29, 0.717) is 5.78 Å². The van der Waals surface area contributed by atoms with Crippen LogP contribution in [0, 0.1) is 0 Å². The molecule has 4 aromatic rings. The average molecular weight is 326 g/mol. The van der Waals surface area contributed by atoms with Crippen LogP contribution in [0.1, 0.15) is 24.2 Å².